The fourth-order valence-electron chi connectivity index (χ4n) is 2.97. The molecule has 0 radical (unpaired) electrons. The Balaban J connectivity index is 1.72. The minimum Gasteiger partial charge on any atom is -0.496 e. The van der Waals surface area contributed by atoms with Crippen LogP contribution in [0.25, 0.3) is 0 Å². The molecule has 140 valence electrons. The van der Waals surface area contributed by atoms with Gasteiger partial charge in [-0.05, 0) is 43.6 Å². The molecule has 2 N–H and O–H groups in total. The second-order valence-electron chi connectivity index (χ2n) is 6.53. The van der Waals surface area contributed by atoms with E-state index in [-0.39, 0.29) is 0 Å². The van der Waals surface area contributed by atoms with Crippen molar-refractivity contribution in [2.75, 3.05) is 32.7 Å². The Morgan fingerprint density at radius 2 is 2.16 bits per heavy atom. The molecule has 3 atom stereocenters. The third kappa shape index (κ3) is 6.66. The lowest BCUT2D eigenvalue weighted by molar-refractivity contribution is 0.405. The Hall–Kier alpha value is -1.01. The molecule has 3 unspecified atom stereocenters. The largest absolute Gasteiger partial charge is 0.496 e. The molecule has 4 nitrogen and oxygen atoms in total. The predicted octanol–water partition coefficient (Wildman–Crippen LogP) is 3.87. The molecule has 0 saturated heterocycles. The van der Waals surface area contributed by atoms with Crippen LogP contribution in [0, 0.1) is 5.92 Å². The molecular weight excluding hydrogens is 350 g/mol. The molecule has 1 saturated carbocycles. The van der Waals surface area contributed by atoms with Crippen molar-refractivity contribution in [1.29, 1.82) is 0 Å². The quantitative estimate of drug-likeness (QED) is 0.407. The van der Waals surface area contributed by atoms with Gasteiger partial charge in [0.25, 0.3) is 0 Å². The Bertz CT molecular complexity index is 553. The first-order valence-electron chi connectivity index (χ1n) is 8.92. The van der Waals surface area contributed by atoms with Crippen molar-refractivity contribution in [3.63, 3.8) is 0 Å². The Morgan fingerprint density at radius 3 is 2.84 bits per heavy atom. The molecule has 25 heavy (non-hydrogen) atoms. The Morgan fingerprint density at radius 1 is 1.36 bits per heavy atom. The van der Waals surface area contributed by atoms with E-state index in [2.05, 4.69) is 40.9 Å². The van der Waals surface area contributed by atoms with E-state index in [1.165, 1.54) is 24.2 Å². The van der Waals surface area contributed by atoms with Crippen LogP contribution in [-0.2, 0) is 0 Å². The number of para-hydroxylation sites is 1. The number of hydrogen-bond acceptors (Lipinski definition) is 4. The number of thioether (sulfide) groups is 2. The van der Waals surface area contributed by atoms with Gasteiger partial charge < -0.3 is 15.4 Å². The molecule has 0 heterocycles. The van der Waals surface area contributed by atoms with Gasteiger partial charge in [0.2, 0.25) is 0 Å². The molecule has 2 rings (SSSR count). The smallest absolute Gasteiger partial charge is 0.191 e. The van der Waals surface area contributed by atoms with Crippen LogP contribution in [0.15, 0.2) is 34.2 Å². The van der Waals surface area contributed by atoms with E-state index >= 15 is 0 Å². The summed E-state index contributed by atoms with van der Waals surface area (Å²) in [5.74, 6) is 3.47. The summed E-state index contributed by atoms with van der Waals surface area (Å²) in [4.78, 5) is 5.58. The zero-order chi connectivity index (χ0) is 18.1. The highest BCUT2D eigenvalue weighted by Crippen LogP contribution is 2.30. The van der Waals surface area contributed by atoms with Crippen molar-refractivity contribution in [2.45, 2.75) is 42.4 Å². The lowest BCUT2D eigenvalue weighted by Gasteiger charge is -2.19. The molecule has 0 aromatic heterocycles. The summed E-state index contributed by atoms with van der Waals surface area (Å²) in [5, 5.41) is 7.86. The van der Waals surface area contributed by atoms with E-state index in [9.17, 15) is 0 Å². The van der Waals surface area contributed by atoms with E-state index in [0.717, 1.165) is 29.3 Å². The number of ether oxygens (including phenoxy) is 1. The first-order chi connectivity index (χ1) is 12.2. The third-order valence-electron chi connectivity index (χ3n) is 4.49. The first-order valence-corrected chi connectivity index (χ1v) is 11.2. The maximum atomic E-state index is 5.42. The van der Waals surface area contributed by atoms with E-state index in [1.807, 2.05) is 42.7 Å². The first kappa shape index (κ1) is 20.3. The van der Waals surface area contributed by atoms with Crippen LogP contribution in [0.5, 0.6) is 5.75 Å². The fourth-order valence-corrected chi connectivity index (χ4v) is 4.82. The number of benzene rings is 1. The van der Waals surface area contributed by atoms with Crippen LogP contribution in [-0.4, -0.2) is 50.0 Å². The summed E-state index contributed by atoms with van der Waals surface area (Å²) in [5.41, 5.74) is 0. The van der Waals surface area contributed by atoms with Gasteiger partial charge >= 0.3 is 0 Å². The summed E-state index contributed by atoms with van der Waals surface area (Å²) < 4.78 is 5.42. The molecule has 1 aliphatic rings. The van der Waals surface area contributed by atoms with Gasteiger partial charge in [-0.25, -0.2) is 0 Å². The van der Waals surface area contributed by atoms with Gasteiger partial charge in [-0.15, -0.1) is 11.8 Å². The molecule has 1 aromatic rings. The van der Waals surface area contributed by atoms with Crippen LogP contribution in [0.3, 0.4) is 0 Å². The molecule has 0 amide bonds. The monoisotopic (exact) mass is 381 g/mol. The molecule has 1 aliphatic carbocycles. The number of guanidine groups is 1. The summed E-state index contributed by atoms with van der Waals surface area (Å²) >= 11 is 3.83. The minimum atomic E-state index is 0.538. The van der Waals surface area contributed by atoms with Gasteiger partial charge in [0, 0.05) is 35.5 Å². The molecule has 6 heteroatoms. The topological polar surface area (TPSA) is 45.7 Å². The maximum absolute atomic E-state index is 5.42. The number of methoxy groups -OCH3 is 1. The fraction of sp³-hybridized carbons (Fsp3) is 0.632. The Kier molecular flexibility index (Phi) is 8.82. The van der Waals surface area contributed by atoms with Gasteiger partial charge in [0.15, 0.2) is 5.96 Å². The Labute approximate surface area is 161 Å². The lowest BCUT2D eigenvalue weighted by atomic mass is 10.2. The van der Waals surface area contributed by atoms with Crippen LogP contribution in [0.2, 0.25) is 0 Å². The van der Waals surface area contributed by atoms with Gasteiger partial charge in [0.1, 0.15) is 5.75 Å². The van der Waals surface area contributed by atoms with Crippen LogP contribution in [0.4, 0.5) is 0 Å². The highest BCUT2D eigenvalue weighted by molar-refractivity contribution is 7.99. The maximum Gasteiger partial charge on any atom is 0.191 e. The van der Waals surface area contributed by atoms with E-state index < -0.39 is 0 Å². The van der Waals surface area contributed by atoms with Crippen LogP contribution < -0.4 is 15.4 Å². The van der Waals surface area contributed by atoms with Gasteiger partial charge in [-0.2, -0.15) is 11.8 Å². The minimum absolute atomic E-state index is 0.538. The molecule has 1 fully saturated rings. The van der Waals surface area contributed by atoms with Crippen LogP contribution >= 0.6 is 23.5 Å². The van der Waals surface area contributed by atoms with Crippen molar-refractivity contribution >= 4 is 29.5 Å². The molecule has 0 aliphatic heterocycles. The van der Waals surface area contributed by atoms with E-state index in [1.54, 1.807) is 7.11 Å². The number of nitrogens with one attached hydrogen (secondary N) is 2. The number of rotatable bonds is 8. The summed E-state index contributed by atoms with van der Waals surface area (Å²) in [6.07, 6.45) is 6.00. The molecule has 1 aromatic carbocycles. The SMILES string of the molecule is CN=C(NCC(C)CSc1ccccc1OC)NC1CCC(SC)C1. The molecule has 0 bridgehead atoms. The zero-order valence-electron chi connectivity index (χ0n) is 15.7. The standard InChI is InChI=1S/C19H31N3OS2/c1-14(13-25-18-8-6-5-7-17(18)23-3)12-21-19(20-2)22-15-9-10-16(11-15)24-4/h5-8,14-16H,9-13H2,1-4H3,(H2,20,21,22). The van der Waals surface area contributed by atoms with Crippen molar-refractivity contribution in [3.8, 4) is 5.75 Å². The highest BCUT2D eigenvalue weighted by atomic mass is 32.2. The second kappa shape index (κ2) is 10.9. The van der Waals surface area contributed by atoms with Gasteiger partial charge in [-0.3, -0.25) is 4.99 Å². The van der Waals surface area contributed by atoms with E-state index in [4.69, 9.17) is 4.74 Å². The summed E-state index contributed by atoms with van der Waals surface area (Å²) in [6, 6.07) is 8.76. The summed E-state index contributed by atoms with van der Waals surface area (Å²) in [6.45, 7) is 3.18. The van der Waals surface area contributed by atoms with Crippen molar-refractivity contribution in [3.05, 3.63) is 24.3 Å². The lowest BCUT2D eigenvalue weighted by Crippen LogP contribution is -2.44. The van der Waals surface area contributed by atoms with Gasteiger partial charge in [-0.1, -0.05) is 19.1 Å². The van der Waals surface area contributed by atoms with E-state index in [0.29, 0.717) is 12.0 Å². The zero-order valence-corrected chi connectivity index (χ0v) is 17.4. The van der Waals surface area contributed by atoms with Crippen molar-refractivity contribution in [2.24, 2.45) is 10.9 Å². The predicted molar refractivity (Wildman–Crippen MR) is 112 cm³/mol. The second-order valence-corrected chi connectivity index (χ2v) is 8.73. The molecule has 0 spiro atoms. The van der Waals surface area contributed by atoms with Crippen molar-refractivity contribution < 1.29 is 4.74 Å². The van der Waals surface area contributed by atoms with Crippen LogP contribution in [0.1, 0.15) is 26.2 Å². The average molecular weight is 382 g/mol. The normalized spacial score (nSPS) is 21.8. The highest BCUT2D eigenvalue weighted by Gasteiger charge is 2.24. The summed E-state index contributed by atoms with van der Waals surface area (Å²) in [7, 11) is 3.58. The van der Waals surface area contributed by atoms with Crippen molar-refractivity contribution in [1.82, 2.24) is 10.6 Å². The molecular formula is C19H31N3OS2. The number of aliphatic imine (C=N–C) groups is 1. The average Bonchev–Trinajstić information content (AvgIpc) is 3.11. The number of nitrogens with zero attached hydrogens (tertiary/aromatic N) is 1. The van der Waals surface area contributed by atoms with Gasteiger partial charge in [0.05, 0.1) is 7.11 Å². The third-order valence-corrected chi connectivity index (χ3v) is 6.97. The number of hydrogen-bond donors (Lipinski definition) is 2.